The number of aliphatic hydroxyl groups is 1. The highest BCUT2D eigenvalue weighted by Gasteiger charge is 2.49. The number of halogens is 1. The molecule has 1 unspecified atom stereocenters. The van der Waals surface area contributed by atoms with E-state index in [4.69, 9.17) is 9.57 Å². The molecule has 1 fully saturated rings. The van der Waals surface area contributed by atoms with Gasteiger partial charge in [-0.3, -0.25) is 4.57 Å². The number of aliphatic hydroxyl groups excluding tert-OH is 1. The van der Waals surface area contributed by atoms with Gasteiger partial charge in [0.05, 0.1) is 11.4 Å². The average molecular weight is 446 g/mol. The molecule has 0 bridgehead atoms. The number of hydrogen-bond acceptors (Lipinski definition) is 6. The van der Waals surface area contributed by atoms with Gasteiger partial charge in [0.1, 0.15) is 24.8 Å². The van der Waals surface area contributed by atoms with Crippen LogP contribution in [-0.2, 0) is 17.2 Å². The Morgan fingerprint density at radius 3 is 2.88 bits per heavy atom. The van der Waals surface area contributed by atoms with Crippen molar-refractivity contribution in [2.24, 2.45) is 5.16 Å². The predicted octanol–water partition coefficient (Wildman–Crippen LogP) is 3.88. The van der Waals surface area contributed by atoms with Crippen LogP contribution in [0, 0.1) is 12.7 Å². The number of aryl methyl sites for hydroxylation is 1. The van der Waals surface area contributed by atoms with Gasteiger partial charge in [-0.25, -0.2) is 9.37 Å². The monoisotopic (exact) mass is 446 g/mol. The van der Waals surface area contributed by atoms with Crippen LogP contribution in [-0.4, -0.2) is 38.5 Å². The predicted molar refractivity (Wildman–Crippen MR) is 120 cm³/mol. The Hall–Kier alpha value is -3.65. The fourth-order valence-electron chi connectivity index (χ4n) is 4.84. The van der Waals surface area contributed by atoms with Gasteiger partial charge >= 0.3 is 0 Å². The zero-order valence-corrected chi connectivity index (χ0v) is 18.2. The van der Waals surface area contributed by atoms with Crippen molar-refractivity contribution in [3.8, 4) is 11.4 Å². The van der Waals surface area contributed by atoms with Crippen LogP contribution in [0.15, 0.2) is 59.4 Å². The van der Waals surface area contributed by atoms with Gasteiger partial charge in [0, 0.05) is 18.3 Å². The Kier molecular flexibility index (Phi) is 4.51. The van der Waals surface area contributed by atoms with Gasteiger partial charge in [-0.15, -0.1) is 0 Å². The van der Waals surface area contributed by atoms with Crippen LogP contribution in [0.25, 0.3) is 11.8 Å². The van der Waals surface area contributed by atoms with E-state index in [2.05, 4.69) is 20.8 Å². The third kappa shape index (κ3) is 3.13. The van der Waals surface area contributed by atoms with Gasteiger partial charge in [-0.2, -0.15) is 0 Å². The minimum Gasteiger partial charge on any atom is -0.483 e. The number of oxime groups is 1. The van der Waals surface area contributed by atoms with Gasteiger partial charge < -0.3 is 19.6 Å². The maximum Gasteiger partial charge on any atom is 0.260 e. The lowest BCUT2D eigenvalue weighted by molar-refractivity contribution is -0.137. The molecule has 0 aliphatic carbocycles. The first kappa shape index (κ1) is 20.0. The number of hydrogen-bond donors (Lipinski definition) is 1. The lowest BCUT2D eigenvalue weighted by Gasteiger charge is -2.38. The van der Waals surface area contributed by atoms with Crippen LogP contribution in [0.4, 0.5) is 4.39 Å². The summed E-state index contributed by atoms with van der Waals surface area (Å²) in [7, 11) is 0. The quantitative estimate of drug-likeness (QED) is 0.661. The number of imidazole rings is 1. The molecule has 3 aliphatic heterocycles. The van der Waals surface area contributed by atoms with E-state index >= 15 is 0 Å². The minimum absolute atomic E-state index is 0.293. The SMILES string of the molecule is Cc1cn2c(n1)COc1cc(C=C3CCCN4C3=NOC4(CO)c3ccc(F)cc3)ccc1-2. The smallest absolute Gasteiger partial charge is 0.260 e. The number of piperidine rings is 1. The Balaban J connectivity index is 1.33. The average Bonchev–Trinajstić information content (AvgIpc) is 3.41. The van der Waals surface area contributed by atoms with Crippen molar-refractivity contribution < 1.29 is 19.1 Å². The Bertz CT molecular complexity index is 1300. The Morgan fingerprint density at radius 1 is 1.21 bits per heavy atom. The Labute approximate surface area is 190 Å². The summed E-state index contributed by atoms with van der Waals surface area (Å²) in [6.07, 6.45) is 5.83. The van der Waals surface area contributed by atoms with E-state index in [0.29, 0.717) is 24.6 Å². The van der Waals surface area contributed by atoms with Crippen molar-refractivity contribution in [1.29, 1.82) is 0 Å². The number of fused-ring (bicyclic) bond motifs is 4. The molecule has 168 valence electrons. The minimum atomic E-state index is -1.14. The second-order valence-electron chi connectivity index (χ2n) is 8.56. The molecule has 33 heavy (non-hydrogen) atoms. The third-order valence-corrected chi connectivity index (χ3v) is 6.44. The number of rotatable bonds is 3. The molecule has 7 nitrogen and oxygen atoms in total. The summed E-state index contributed by atoms with van der Waals surface area (Å²) in [5.74, 6) is 2.07. The van der Waals surface area contributed by atoms with Crippen LogP contribution in [0.3, 0.4) is 0 Å². The molecule has 0 amide bonds. The first-order chi connectivity index (χ1) is 16.1. The van der Waals surface area contributed by atoms with Crippen molar-refractivity contribution in [2.45, 2.75) is 32.1 Å². The zero-order valence-electron chi connectivity index (χ0n) is 18.2. The number of aromatic nitrogens is 2. The standard InChI is InChI=1S/C25H23FN4O3/c1-16-13-29-21-9-4-17(12-22(21)32-14-23(29)27-16)11-18-3-2-10-30-24(18)28-33-25(30,15-31)19-5-7-20(26)8-6-19/h4-9,11-13,31H,2-3,10,14-15H2,1H3. The van der Waals surface area contributed by atoms with Crippen LogP contribution in [0.5, 0.6) is 5.75 Å². The summed E-state index contributed by atoms with van der Waals surface area (Å²) in [4.78, 5) is 12.3. The van der Waals surface area contributed by atoms with Crippen LogP contribution >= 0.6 is 0 Å². The van der Waals surface area contributed by atoms with E-state index in [1.165, 1.54) is 12.1 Å². The van der Waals surface area contributed by atoms with Crippen LogP contribution < -0.4 is 4.74 Å². The molecule has 0 radical (unpaired) electrons. The molecule has 0 saturated carbocycles. The largest absolute Gasteiger partial charge is 0.483 e. The molecule has 0 spiro atoms. The topological polar surface area (TPSA) is 72.1 Å². The van der Waals surface area contributed by atoms with E-state index in [-0.39, 0.29) is 12.4 Å². The summed E-state index contributed by atoms with van der Waals surface area (Å²) in [5, 5.41) is 14.6. The lowest BCUT2D eigenvalue weighted by Crippen LogP contribution is -2.51. The van der Waals surface area contributed by atoms with Crippen LogP contribution in [0.1, 0.15) is 35.5 Å². The number of benzene rings is 2. The molecule has 8 heteroatoms. The summed E-state index contributed by atoms with van der Waals surface area (Å²) < 4.78 is 21.5. The normalized spacial score (nSPS) is 22.2. The number of amidine groups is 1. The molecule has 1 aromatic heterocycles. The van der Waals surface area contributed by atoms with E-state index in [0.717, 1.165) is 46.9 Å². The summed E-state index contributed by atoms with van der Waals surface area (Å²) in [6, 6.07) is 12.1. The molecule has 3 aromatic rings. The molecule has 4 heterocycles. The highest BCUT2D eigenvalue weighted by Crippen LogP contribution is 2.40. The molecule has 1 saturated heterocycles. The molecule has 6 rings (SSSR count). The second-order valence-corrected chi connectivity index (χ2v) is 8.56. The van der Waals surface area contributed by atoms with Crippen molar-refractivity contribution >= 4 is 11.9 Å². The van der Waals surface area contributed by atoms with Gasteiger partial charge in [0.25, 0.3) is 5.72 Å². The molecular weight excluding hydrogens is 423 g/mol. The first-order valence-electron chi connectivity index (χ1n) is 11.0. The summed E-state index contributed by atoms with van der Waals surface area (Å²) in [6.45, 7) is 2.80. The van der Waals surface area contributed by atoms with Gasteiger partial charge in [-0.1, -0.05) is 11.2 Å². The van der Waals surface area contributed by atoms with Gasteiger partial charge in [0.15, 0.2) is 11.7 Å². The molecule has 1 atom stereocenters. The maximum absolute atomic E-state index is 13.5. The summed E-state index contributed by atoms with van der Waals surface area (Å²) >= 11 is 0. The maximum atomic E-state index is 13.5. The third-order valence-electron chi connectivity index (χ3n) is 6.44. The molecule has 3 aliphatic rings. The number of ether oxygens (including phenoxy) is 1. The van der Waals surface area contributed by atoms with E-state index in [9.17, 15) is 9.50 Å². The first-order valence-corrected chi connectivity index (χ1v) is 11.0. The van der Waals surface area contributed by atoms with Crippen molar-refractivity contribution in [3.63, 3.8) is 0 Å². The van der Waals surface area contributed by atoms with Crippen molar-refractivity contribution in [1.82, 2.24) is 14.5 Å². The van der Waals surface area contributed by atoms with Gasteiger partial charge in [-0.05, 0) is 73.4 Å². The lowest BCUT2D eigenvalue weighted by atomic mass is 9.94. The number of nitrogens with zero attached hydrogens (tertiary/aromatic N) is 4. The van der Waals surface area contributed by atoms with Crippen LogP contribution in [0.2, 0.25) is 0 Å². The second kappa shape index (κ2) is 7.45. The fourth-order valence-corrected chi connectivity index (χ4v) is 4.84. The Morgan fingerprint density at radius 2 is 2.06 bits per heavy atom. The van der Waals surface area contributed by atoms with E-state index < -0.39 is 5.72 Å². The molecular formula is C25H23FN4O3. The van der Waals surface area contributed by atoms with Crippen molar-refractivity contribution in [3.05, 3.63) is 82.7 Å². The van der Waals surface area contributed by atoms with E-state index in [1.54, 1.807) is 12.1 Å². The fraction of sp³-hybridized carbons (Fsp3) is 0.280. The van der Waals surface area contributed by atoms with Crippen molar-refractivity contribution in [2.75, 3.05) is 13.2 Å². The zero-order chi connectivity index (χ0) is 22.6. The highest BCUT2D eigenvalue weighted by molar-refractivity contribution is 6.03. The van der Waals surface area contributed by atoms with Gasteiger partial charge in [0.2, 0.25) is 0 Å². The molecule has 1 N–H and O–H groups in total. The van der Waals surface area contributed by atoms with E-state index in [1.807, 2.05) is 36.2 Å². The highest BCUT2D eigenvalue weighted by atomic mass is 19.1. The summed E-state index contributed by atoms with van der Waals surface area (Å²) in [5.41, 5.74) is 3.48. The molecule has 2 aromatic carbocycles.